The smallest absolute Gasteiger partial charge is 0.317 e. The van der Waals surface area contributed by atoms with Crippen molar-refractivity contribution in [1.82, 2.24) is 15.1 Å². The monoisotopic (exact) mass is 410 g/mol. The van der Waals surface area contributed by atoms with Crippen LogP contribution in [0.4, 0.5) is 10.5 Å². The van der Waals surface area contributed by atoms with Gasteiger partial charge in [-0.3, -0.25) is 9.69 Å². The van der Waals surface area contributed by atoms with Gasteiger partial charge in [-0.05, 0) is 37.1 Å². The first-order valence-corrected chi connectivity index (χ1v) is 10.3. The SMILES string of the molecule is CCNC(=O)N1CCN(C(C(=O)Nc2cc(C)ccc2OC)c2ccccc2)CC1. The summed E-state index contributed by atoms with van der Waals surface area (Å²) in [7, 11) is 1.59. The summed E-state index contributed by atoms with van der Waals surface area (Å²) in [6.07, 6.45) is 0. The number of hydrogen-bond acceptors (Lipinski definition) is 4. The Balaban J connectivity index is 1.80. The molecule has 2 aromatic carbocycles. The first-order valence-electron chi connectivity index (χ1n) is 10.3. The molecule has 0 radical (unpaired) electrons. The lowest BCUT2D eigenvalue weighted by atomic mass is 10.0. The summed E-state index contributed by atoms with van der Waals surface area (Å²) in [6.45, 7) is 6.89. The fourth-order valence-electron chi connectivity index (χ4n) is 3.73. The number of carbonyl (C=O) groups is 2. The number of hydrogen-bond donors (Lipinski definition) is 2. The van der Waals surface area contributed by atoms with E-state index in [1.54, 1.807) is 12.0 Å². The summed E-state index contributed by atoms with van der Waals surface area (Å²) in [4.78, 5) is 29.5. The zero-order valence-electron chi connectivity index (χ0n) is 17.9. The molecule has 160 valence electrons. The highest BCUT2D eigenvalue weighted by atomic mass is 16.5. The molecule has 1 unspecified atom stereocenters. The molecule has 7 nitrogen and oxygen atoms in total. The number of methoxy groups -OCH3 is 1. The summed E-state index contributed by atoms with van der Waals surface area (Å²) in [6, 6.07) is 15.0. The number of aryl methyl sites for hydroxylation is 1. The van der Waals surface area contributed by atoms with Crippen LogP contribution in [0.3, 0.4) is 0 Å². The highest BCUT2D eigenvalue weighted by Gasteiger charge is 2.32. The Kier molecular flexibility index (Phi) is 7.30. The van der Waals surface area contributed by atoms with E-state index in [0.717, 1.165) is 11.1 Å². The van der Waals surface area contributed by atoms with Crippen LogP contribution in [-0.2, 0) is 4.79 Å². The molecule has 0 bridgehead atoms. The molecule has 0 spiro atoms. The number of anilines is 1. The third kappa shape index (κ3) is 5.10. The summed E-state index contributed by atoms with van der Waals surface area (Å²) in [5.74, 6) is 0.512. The highest BCUT2D eigenvalue weighted by Crippen LogP contribution is 2.29. The lowest BCUT2D eigenvalue weighted by Gasteiger charge is -2.38. The number of nitrogens with zero attached hydrogens (tertiary/aromatic N) is 2. The van der Waals surface area contributed by atoms with Gasteiger partial charge in [0.25, 0.3) is 0 Å². The molecule has 30 heavy (non-hydrogen) atoms. The van der Waals surface area contributed by atoms with E-state index in [0.29, 0.717) is 44.2 Å². The first-order chi connectivity index (χ1) is 14.5. The third-order valence-electron chi connectivity index (χ3n) is 5.27. The van der Waals surface area contributed by atoms with Crippen molar-refractivity contribution in [2.45, 2.75) is 19.9 Å². The Bertz CT molecular complexity index is 864. The number of amides is 3. The van der Waals surface area contributed by atoms with Crippen LogP contribution in [0, 0.1) is 6.92 Å². The van der Waals surface area contributed by atoms with Crippen molar-refractivity contribution in [3.05, 3.63) is 59.7 Å². The number of benzene rings is 2. The Labute approximate surface area is 178 Å². The van der Waals surface area contributed by atoms with Gasteiger partial charge < -0.3 is 20.3 Å². The molecular formula is C23H30N4O3. The highest BCUT2D eigenvalue weighted by molar-refractivity contribution is 5.97. The van der Waals surface area contributed by atoms with Crippen molar-refractivity contribution in [2.75, 3.05) is 45.2 Å². The summed E-state index contributed by atoms with van der Waals surface area (Å²) in [5, 5.41) is 5.89. The van der Waals surface area contributed by atoms with Crippen molar-refractivity contribution in [3.8, 4) is 5.75 Å². The number of rotatable bonds is 6. The Morgan fingerprint density at radius 1 is 1.07 bits per heavy atom. The van der Waals surface area contributed by atoms with Gasteiger partial charge >= 0.3 is 6.03 Å². The van der Waals surface area contributed by atoms with E-state index in [9.17, 15) is 9.59 Å². The van der Waals surface area contributed by atoms with Crippen LogP contribution in [0.5, 0.6) is 5.75 Å². The summed E-state index contributed by atoms with van der Waals surface area (Å²) >= 11 is 0. The summed E-state index contributed by atoms with van der Waals surface area (Å²) < 4.78 is 5.42. The molecular weight excluding hydrogens is 380 g/mol. The van der Waals surface area contributed by atoms with Crippen LogP contribution in [0.1, 0.15) is 24.1 Å². The van der Waals surface area contributed by atoms with Gasteiger partial charge in [0.1, 0.15) is 11.8 Å². The molecule has 0 saturated carbocycles. The molecule has 1 atom stereocenters. The van der Waals surface area contributed by atoms with Gasteiger partial charge in [-0.1, -0.05) is 36.4 Å². The second-order valence-electron chi connectivity index (χ2n) is 7.36. The van der Waals surface area contributed by atoms with Gasteiger partial charge in [0.05, 0.1) is 12.8 Å². The quantitative estimate of drug-likeness (QED) is 0.768. The molecule has 1 aliphatic heterocycles. The van der Waals surface area contributed by atoms with E-state index >= 15 is 0 Å². The van der Waals surface area contributed by atoms with E-state index in [1.807, 2.05) is 62.4 Å². The number of ether oxygens (including phenoxy) is 1. The topological polar surface area (TPSA) is 73.9 Å². The van der Waals surface area contributed by atoms with Crippen LogP contribution in [0.25, 0.3) is 0 Å². The van der Waals surface area contributed by atoms with Crippen molar-refractivity contribution < 1.29 is 14.3 Å². The van der Waals surface area contributed by atoms with Crippen molar-refractivity contribution in [3.63, 3.8) is 0 Å². The third-order valence-corrected chi connectivity index (χ3v) is 5.27. The Morgan fingerprint density at radius 3 is 2.40 bits per heavy atom. The van der Waals surface area contributed by atoms with Gasteiger partial charge in [0.15, 0.2) is 0 Å². The Hall–Kier alpha value is -3.06. The number of carbonyl (C=O) groups excluding carboxylic acids is 2. The molecule has 2 aromatic rings. The largest absolute Gasteiger partial charge is 0.495 e. The van der Waals surface area contributed by atoms with Gasteiger partial charge in [0, 0.05) is 32.7 Å². The normalized spacial score (nSPS) is 15.4. The fourth-order valence-corrected chi connectivity index (χ4v) is 3.73. The molecule has 1 heterocycles. The van der Waals surface area contributed by atoms with Crippen LogP contribution in [0.2, 0.25) is 0 Å². The van der Waals surface area contributed by atoms with Crippen LogP contribution in [-0.4, -0.2) is 61.6 Å². The molecule has 7 heteroatoms. The Morgan fingerprint density at radius 2 is 1.77 bits per heavy atom. The van der Waals surface area contributed by atoms with Gasteiger partial charge in [-0.2, -0.15) is 0 Å². The second-order valence-corrected chi connectivity index (χ2v) is 7.36. The minimum Gasteiger partial charge on any atom is -0.495 e. The van der Waals surface area contributed by atoms with Crippen LogP contribution >= 0.6 is 0 Å². The van der Waals surface area contributed by atoms with Crippen LogP contribution < -0.4 is 15.4 Å². The number of piperazine rings is 1. The van der Waals surface area contributed by atoms with Crippen molar-refractivity contribution in [2.24, 2.45) is 0 Å². The average molecular weight is 411 g/mol. The average Bonchev–Trinajstić information content (AvgIpc) is 2.75. The van der Waals surface area contributed by atoms with Gasteiger partial charge in [0.2, 0.25) is 5.91 Å². The minimum atomic E-state index is -0.451. The molecule has 3 rings (SSSR count). The first kappa shape index (κ1) is 21.6. The maximum absolute atomic E-state index is 13.4. The zero-order valence-corrected chi connectivity index (χ0v) is 17.9. The molecule has 1 saturated heterocycles. The van der Waals surface area contributed by atoms with Gasteiger partial charge in [-0.25, -0.2) is 4.79 Å². The standard InChI is InChI=1S/C23H30N4O3/c1-4-24-23(29)27-14-12-26(13-15-27)21(18-8-6-5-7-9-18)22(28)25-19-16-17(2)10-11-20(19)30-3/h5-11,16,21H,4,12-15H2,1-3H3,(H,24,29)(H,25,28). The predicted molar refractivity (Wildman–Crippen MR) is 118 cm³/mol. The maximum atomic E-state index is 13.4. The molecule has 1 aliphatic rings. The van der Waals surface area contributed by atoms with E-state index in [2.05, 4.69) is 15.5 Å². The number of urea groups is 1. The van der Waals surface area contributed by atoms with Gasteiger partial charge in [-0.15, -0.1) is 0 Å². The molecule has 1 fully saturated rings. The maximum Gasteiger partial charge on any atom is 0.317 e. The molecule has 0 aromatic heterocycles. The summed E-state index contributed by atoms with van der Waals surface area (Å²) in [5.41, 5.74) is 2.62. The predicted octanol–water partition coefficient (Wildman–Crippen LogP) is 3.03. The van der Waals surface area contributed by atoms with Crippen molar-refractivity contribution >= 4 is 17.6 Å². The number of nitrogens with one attached hydrogen (secondary N) is 2. The molecule has 3 amide bonds. The molecule has 0 aliphatic carbocycles. The minimum absolute atomic E-state index is 0.0534. The fraction of sp³-hybridized carbons (Fsp3) is 0.391. The second kappa shape index (κ2) is 10.1. The van der Waals surface area contributed by atoms with E-state index in [4.69, 9.17) is 4.74 Å². The lowest BCUT2D eigenvalue weighted by molar-refractivity contribution is -0.122. The lowest BCUT2D eigenvalue weighted by Crippen LogP contribution is -2.53. The molecule has 2 N–H and O–H groups in total. The van der Waals surface area contributed by atoms with Crippen LogP contribution in [0.15, 0.2) is 48.5 Å². The van der Waals surface area contributed by atoms with E-state index in [-0.39, 0.29) is 11.9 Å². The van der Waals surface area contributed by atoms with E-state index in [1.165, 1.54) is 0 Å². The van der Waals surface area contributed by atoms with Crippen molar-refractivity contribution in [1.29, 1.82) is 0 Å². The zero-order chi connectivity index (χ0) is 21.5. The van der Waals surface area contributed by atoms with E-state index < -0.39 is 6.04 Å².